The Kier molecular flexibility index (Phi) is 4.48. The quantitative estimate of drug-likeness (QED) is 0.846. The topological polar surface area (TPSA) is 40.6 Å². The van der Waals surface area contributed by atoms with E-state index in [1.54, 1.807) is 0 Å². The second-order valence-corrected chi connectivity index (χ2v) is 7.70. The van der Waals surface area contributed by atoms with E-state index in [1.165, 1.54) is 12.1 Å². The minimum Gasteiger partial charge on any atom is -0.342 e. The third kappa shape index (κ3) is 3.55. The van der Waals surface area contributed by atoms with Gasteiger partial charge in [0.05, 0.1) is 0 Å². The molecule has 1 aromatic rings. The summed E-state index contributed by atoms with van der Waals surface area (Å²) in [5.41, 5.74) is 1.11. The van der Waals surface area contributed by atoms with Crippen LogP contribution in [0, 0.1) is 17.7 Å². The Labute approximate surface area is 148 Å². The van der Waals surface area contributed by atoms with Gasteiger partial charge in [0.25, 0.3) is 0 Å². The fourth-order valence-corrected chi connectivity index (χ4v) is 4.16. The zero-order valence-electron chi connectivity index (χ0n) is 14.5. The van der Waals surface area contributed by atoms with Crippen molar-refractivity contribution in [3.8, 4) is 0 Å². The number of halogens is 1. The van der Waals surface area contributed by atoms with Crippen LogP contribution < -0.4 is 0 Å². The van der Waals surface area contributed by atoms with Crippen molar-refractivity contribution < 1.29 is 14.0 Å². The van der Waals surface area contributed by atoms with E-state index in [4.69, 9.17) is 0 Å². The molecule has 0 radical (unpaired) electrons. The van der Waals surface area contributed by atoms with Gasteiger partial charge in [0.1, 0.15) is 5.82 Å². The van der Waals surface area contributed by atoms with Crippen LogP contribution in [0.15, 0.2) is 24.3 Å². The number of carbonyl (C=O) groups is 2. The molecule has 0 N–H and O–H groups in total. The summed E-state index contributed by atoms with van der Waals surface area (Å²) in [5, 5.41) is 0. The highest BCUT2D eigenvalue weighted by atomic mass is 19.1. The maximum Gasteiger partial charge on any atom is 0.225 e. The molecule has 2 amide bonds. The van der Waals surface area contributed by atoms with Crippen molar-refractivity contribution in [1.82, 2.24) is 9.80 Å². The summed E-state index contributed by atoms with van der Waals surface area (Å²) in [5.74, 6) is 0.937. The van der Waals surface area contributed by atoms with Crippen LogP contribution in [-0.2, 0) is 9.59 Å². The first kappa shape index (κ1) is 16.6. The molecule has 2 heterocycles. The van der Waals surface area contributed by atoms with Crippen LogP contribution in [0.25, 0.3) is 0 Å². The number of nitrogens with zero attached hydrogens (tertiary/aromatic N) is 2. The summed E-state index contributed by atoms with van der Waals surface area (Å²) in [6, 6.07) is 6.64. The van der Waals surface area contributed by atoms with Gasteiger partial charge >= 0.3 is 0 Å². The highest BCUT2D eigenvalue weighted by Crippen LogP contribution is 2.33. The van der Waals surface area contributed by atoms with E-state index in [2.05, 4.69) is 0 Å². The minimum atomic E-state index is -0.220. The summed E-state index contributed by atoms with van der Waals surface area (Å²) in [7, 11) is 0. The summed E-state index contributed by atoms with van der Waals surface area (Å²) in [6.45, 7) is 2.95. The van der Waals surface area contributed by atoms with Crippen LogP contribution in [0.2, 0.25) is 0 Å². The van der Waals surface area contributed by atoms with E-state index in [1.807, 2.05) is 21.9 Å². The van der Waals surface area contributed by atoms with E-state index >= 15 is 0 Å². The largest absolute Gasteiger partial charge is 0.342 e. The first-order chi connectivity index (χ1) is 12.1. The van der Waals surface area contributed by atoms with E-state index in [-0.39, 0.29) is 23.6 Å². The lowest BCUT2D eigenvalue weighted by Crippen LogP contribution is -2.44. The van der Waals surface area contributed by atoms with Gasteiger partial charge in [0.15, 0.2) is 0 Å². The molecule has 0 aromatic heterocycles. The standard InChI is InChI=1S/C20H25FN2O2/c21-18-5-3-14(4-6-18)17-9-12-23(13-17)20(25)16-7-10-22(11-8-16)19(24)15-1-2-15/h3-6,15-17H,1-2,7-13H2/t17-/m1/s1. The van der Waals surface area contributed by atoms with Crippen molar-refractivity contribution in [3.63, 3.8) is 0 Å². The third-order valence-electron chi connectivity index (χ3n) is 5.92. The van der Waals surface area contributed by atoms with Crippen molar-refractivity contribution in [1.29, 1.82) is 0 Å². The van der Waals surface area contributed by atoms with Crippen LogP contribution in [0.3, 0.4) is 0 Å². The van der Waals surface area contributed by atoms with Crippen LogP contribution in [0.5, 0.6) is 0 Å². The van der Waals surface area contributed by atoms with Crippen molar-refractivity contribution in [2.24, 2.45) is 11.8 Å². The molecule has 25 heavy (non-hydrogen) atoms. The average Bonchev–Trinajstić information content (AvgIpc) is 3.38. The van der Waals surface area contributed by atoms with E-state index in [9.17, 15) is 14.0 Å². The van der Waals surface area contributed by atoms with E-state index in [0.29, 0.717) is 11.8 Å². The molecule has 1 saturated carbocycles. The molecular weight excluding hydrogens is 319 g/mol. The van der Waals surface area contributed by atoms with Gasteiger partial charge < -0.3 is 9.80 Å². The van der Waals surface area contributed by atoms with Gasteiger partial charge in [0, 0.05) is 43.9 Å². The number of hydrogen-bond acceptors (Lipinski definition) is 2. The van der Waals surface area contributed by atoms with Gasteiger partial charge in [0.2, 0.25) is 11.8 Å². The molecule has 1 atom stereocenters. The molecule has 1 aromatic carbocycles. The molecule has 4 nitrogen and oxygen atoms in total. The van der Waals surface area contributed by atoms with Gasteiger partial charge in [-0.25, -0.2) is 4.39 Å². The smallest absolute Gasteiger partial charge is 0.225 e. The van der Waals surface area contributed by atoms with Crippen LogP contribution in [0.4, 0.5) is 4.39 Å². The lowest BCUT2D eigenvalue weighted by Gasteiger charge is -2.33. The van der Waals surface area contributed by atoms with Crippen molar-refractivity contribution >= 4 is 11.8 Å². The minimum absolute atomic E-state index is 0.0511. The van der Waals surface area contributed by atoms with Gasteiger partial charge in [-0.15, -0.1) is 0 Å². The normalized spacial score (nSPS) is 24.6. The second kappa shape index (κ2) is 6.77. The Morgan fingerprint density at radius 1 is 0.800 bits per heavy atom. The number of amides is 2. The van der Waals surface area contributed by atoms with Gasteiger partial charge in [-0.3, -0.25) is 9.59 Å². The second-order valence-electron chi connectivity index (χ2n) is 7.70. The Morgan fingerprint density at radius 2 is 1.36 bits per heavy atom. The Morgan fingerprint density at radius 3 is 2.00 bits per heavy atom. The summed E-state index contributed by atoms with van der Waals surface area (Å²) in [4.78, 5) is 28.9. The average molecular weight is 344 g/mol. The molecule has 5 heteroatoms. The summed E-state index contributed by atoms with van der Waals surface area (Å²) >= 11 is 0. The lowest BCUT2D eigenvalue weighted by molar-refractivity contribution is -0.140. The molecule has 4 rings (SSSR count). The number of rotatable bonds is 3. The van der Waals surface area contributed by atoms with E-state index in [0.717, 1.165) is 63.8 Å². The maximum absolute atomic E-state index is 13.1. The predicted molar refractivity (Wildman–Crippen MR) is 92.4 cm³/mol. The van der Waals surface area contributed by atoms with Crippen LogP contribution in [-0.4, -0.2) is 47.8 Å². The van der Waals surface area contributed by atoms with Crippen molar-refractivity contribution in [3.05, 3.63) is 35.6 Å². The maximum atomic E-state index is 13.1. The number of piperidine rings is 1. The van der Waals surface area contributed by atoms with Crippen LogP contribution >= 0.6 is 0 Å². The van der Waals surface area contributed by atoms with E-state index < -0.39 is 0 Å². The summed E-state index contributed by atoms with van der Waals surface area (Å²) < 4.78 is 13.1. The lowest BCUT2D eigenvalue weighted by atomic mass is 9.95. The van der Waals surface area contributed by atoms with Gasteiger partial charge in [-0.1, -0.05) is 12.1 Å². The van der Waals surface area contributed by atoms with Crippen LogP contribution in [0.1, 0.15) is 43.6 Å². The molecule has 0 spiro atoms. The molecule has 1 aliphatic carbocycles. The zero-order valence-corrected chi connectivity index (χ0v) is 14.5. The number of likely N-dealkylation sites (tertiary alicyclic amines) is 2. The molecule has 0 bridgehead atoms. The zero-order chi connectivity index (χ0) is 17.4. The fraction of sp³-hybridized carbons (Fsp3) is 0.600. The molecule has 134 valence electrons. The number of carbonyl (C=O) groups excluding carboxylic acids is 2. The Hall–Kier alpha value is -1.91. The Balaban J connectivity index is 1.30. The fourth-order valence-electron chi connectivity index (χ4n) is 4.16. The molecule has 3 fully saturated rings. The first-order valence-electron chi connectivity index (χ1n) is 9.45. The number of hydrogen-bond donors (Lipinski definition) is 0. The highest BCUT2D eigenvalue weighted by molar-refractivity contribution is 5.82. The van der Waals surface area contributed by atoms with Crippen molar-refractivity contribution in [2.75, 3.05) is 26.2 Å². The summed E-state index contributed by atoms with van der Waals surface area (Å²) in [6.07, 6.45) is 4.59. The SMILES string of the molecule is O=C(C1CC1)N1CCC(C(=O)N2CC[C@@H](c3ccc(F)cc3)C2)CC1. The number of benzene rings is 1. The highest BCUT2D eigenvalue weighted by Gasteiger charge is 2.37. The molecule has 2 aliphatic heterocycles. The third-order valence-corrected chi connectivity index (χ3v) is 5.92. The van der Waals surface area contributed by atoms with Gasteiger partial charge in [-0.05, 0) is 49.8 Å². The molecular formula is C20H25FN2O2. The molecule has 2 saturated heterocycles. The predicted octanol–water partition coefficient (Wildman–Crippen LogP) is 2.79. The monoisotopic (exact) mass is 344 g/mol. The van der Waals surface area contributed by atoms with Crippen molar-refractivity contribution in [2.45, 2.75) is 38.0 Å². The Bertz CT molecular complexity index is 648. The molecule has 0 unspecified atom stereocenters. The first-order valence-corrected chi connectivity index (χ1v) is 9.45. The molecule has 3 aliphatic rings. The van der Waals surface area contributed by atoms with Gasteiger partial charge in [-0.2, -0.15) is 0 Å².